The van der Waals surface area contributed by atoms with Crippen LogP contribution in [-0.4, -0.2) is 25.4 Å². The Bertz CT molecular complexity index is 1070. The number of rotatable bonds is 7. The summed E-state index contributed by atoms with van der Waals surface area (Å²) >= 11 is 2.40. The number of aromatic nitrogens is 1. The first-order chi connectivity index (χ1) is 13.2. The third-order valence-corrected chi connectivity index (χ3v) is 6.97. The molecule has 0 atom stereocenters. The van der Waals surface area contributed by atoms with Crippen molar-refractivity contribution in [2.75, 3.05) is 0 Å². The van der Waals surface area contributed by atoms with Crippen LogP contribution in [-0.2, 0) is 16.6 Å². The average Bonchev–Trinajstić information content (AvgIpc) is 3.29. The first kappa shape index (κ1) is 20.5. The number of hydrogen-bond donors (Lipinski definition) is 2. The minimum absolute atomic E-state index is 0.0672. The fourth-order valence-corrected chi connectivity index (χ4v) is 4.85. The van der Waals surface area contributed by atoms with Gasteiger partial charge in [-0.05, 0) is 50.2 Å². The van der Waals surface area contributed by atoms with Gasteiger partial charge in [-0.25, -0.2) is 18.5 Å². The number of nitrogens with zero attached hydrogens (tertiary/aromatic N) is 1. The van der Waals surface area contributed by atoms with E-state index in [4.69, 9.17) is 9.88 Å². The molecular formula is C18H19N3O4S3. The normalized spacial score (nSPS) is 11.6. The molecule has 2 aromatic heterocycles. The SMILES string of the molecule is CC(C)Oc1ccc(-c2nc(C(=O)NCc3ccc(S(N)(=O)=O)s3)cs2)cc1. The van der Waals surface area contributed by atoms with E-state index in [0.717, 1.165) is 27.7 Å². The van der Waals surface area contributed by atoms with Crippen LogP contribution in [0.15, 0.2) is 46.0 Å². The standard InChI is InChI=1S/C18H19N3O4S3/c1-11(2)25-13-5-3-12(4-6-13)18-21-15(10-26-18)17(22)20-9-14-7-8-16(27-14)28(19,23)24/h3-8,10-11H,9H2,1-2H3,(H,20,22)(H2,19,23,24). The second kappa shape index (κ2) is 8.39. The number of thiazole rings is 1. The van der Waals surface area contributed by atoms with Gasteiger partial charge in [0.15, 0.2) is 0 Å². The van der Waals surface area contributed by atoms with Crippen molar-refractivity contribution in [3.05, 3.63) is 52.3 Å². The summed E-state index contributed by atoms with van der Waals surface area (Å²) in [6.07, 6.45) is 0.102. The van der Waals surface area contributed by atoms with Crippen molar-refractivity contribution >= 4 is 38.6 Å². The van der Waals surface area contributed by atoms with E-state index < -0.39 is 10.0 Å². The minimum atomic E-state index is -3.72. The number of nitrogens with two attached hydrogens (primary N) is 1. The van der Waals surface area contributed by atoms with E-state index in [1.807, 2.05) is 38.1 Å². The van der Waals surface area contributed by atoms with Crippen molar-refractivity contribution in [1.29, 1.82) is 0 Å². The largest absolute Gasteiger partial charge is 0.491 e. The van der Waals surface area contributed by atoms with Gasteiger partial charge in [0.25, 0.3) is 5.91 Å². The van der Waals surface area contributed by atoms with E-state index in [2.05, 4.69) is 10.3 Å². The summed E-state index contributed by atoms with van der Waals surface area (Å²) in [5.74, 6) is 0.455. The van der Waals surface area contributed by atoms with Gasteiger partial charge in [0, 0.05) is 15.8 Å². The number of sulfonamides is 1. The maximum atomic E-state index is 12.3. The number of carbonyl (C=O) groups is 1. The van der Waals surface area contributed by atoms with Gasteiger partial charge < -0.3 is 10.1 Å². The number of amides is 1. The van der Waals surface area contributed by atoms with Crippen LogP contribution in [0.25, 0.3) is 10.6 Å². The van der Waals surface area contributed by atoms with Crippen LogP contribution in [0.2, 0.25) is 0 Å². The lowest BCUT2D eigenvalue weighted by Gasteiger charge is -2.09. The first-order valence-corrected chi connectivity index (χ1v) is 11.6. The molecule has 0 unspecified atom stereocenters. The number of primary sulfonamides is 1. The van der Waals surface area contributed by atoms with Crippen LogP contribution < -0.4 is 15.2 Å². The Hall–Kier alpha value is -2.27. The third-order valence-electron chi connectivity index (χ3n) is 3.55. The van der Waals surface area contributed by atoms with Crippen LogP contribution in [0.1, 0.15) is 29.2 Å². The molecule has 0 bridgehead atoms. The van der Waals surface area contributed by atoms with Crippen molar-refractivity contribution in [2.24, 2.45) is 5.14 Å². The number of hydrogen-bond acceptors (Lipinski definition) is 7. The van der Waals surface area contributed by atoms with Gasteiger partial charge in [0.05, 0.1) is 12.6 Å². The van der Waals surface area contributed by atoms with Crippen LogP contribution in [0.3, 0.4) is 0 Å². The summed E-state index contributed by atoms with van der Waals surface area (Å²) in [5.41, 5.74) is 1.21. The average molecular weight is 438 g/mol. The quantitative estimate of drug-likeness (QED) is 0.589. The van der Waals surface area contributed by atoms with Crippen molar-refractivity contribution < 1.29 is 17.9 Å². The fourth-order valence-electron chi connectivity index (χ4n) is 2.32. The molecule has 0 radical (unpaired) electrons. The van der Waals surface area contributed by atoms with Crippen molar-refractivity contribution in [3.63, 3.8) is 0 Å². The monoisotopic (exact) mass is 437 g/mol. The molecule has 3 rings (SSSR count). The molecule has 7 nitrogen and oxygen atoms in total. The van der Waals surface area contributed by atoms with Crippen LogP contribution in [0, 0.1) is 0 Å². The fraction of sp³-hybridized carbons (Fsp3) is 0.222. The van der Waals surface area contributed by atoms with Gasteiger partial charge >= 0.3 is 0 Å². The molecule has 0 saturated heterocycles. The van der Waals surface area contributed by atoms with Crippen LogP contribution in [0.5, 0.6) is 5.75 Å². The molecule has 0 spiro atoms. The molecule has 3 N–H and O–H groups in total. The minimum Gasteiger partial charge on any atom is -0.491 e. The summed E-state index contributed by atoms with van der Waals surface area (Å²) < 4.78 is 28.3. The van der Waals surface area contributed by atoms with Gasteiger partial charge in [0.1, 0.15) is 20.7 Å². The van der Waals surface area contributed by atoms with Crippen LogP contribution in [0.4, 0.5) is 0 Å². The predicted molar refractivity (Wildman–Crippen MR) is 110 cm³/mol. The van der Waals surface area contributed by atoms with Gasteiger partial charge in [0.2, 0.25) is 10.0 Å². The second-order valence-electron chi connectivity index (χ2n) is 6.18. The van der Waals surface area contributed by atoms with E-state index >= 15 is 0 Å². The summed E-state index contributed by atoms with van der Waals surface area (Å²) in [6, 6.07) is 10.6. The number of carbonyl (C=O) groups excluding carboxylic acids is 1. The predicted octanol–water partition coefficient (Wildman–Crippen LogP) is 3.24. The number of benzene rings is 1. The van der Waals surface area contributed by atoms with Gasteiger partial charge in [-0.2, -0.15) is 0 Å². The molecule has 148 valence electrons. The number of thiophene rings is 1. The Morgan fingerprint density at radius 2 is 1.93 bits per heavy atom. The third kappa shape index (κ3) is 5.16. The van der Waals surface area contributed by atoms with Crippen molar-refractivity contribution in [2.45, 2.75) is 30.7 Å². The van der Waals surface area contributed by atoms with Gasteiger partial charge in [-0.15, -0.1) is 22.7 Å². The zero-order valence-electron chi connectivity index (χ0n) is 15.2. The Labute approximate surface area is 171 Å². The Morgan fingerprint density at radius 1 is 1.21 bits per heavy atom. The lowest BCUT2D eigenvalue weighted by Crippen LogP contribution is -2.22. The highest BCUT2D eigenvalue weighted by Gasteiger charge is 2.14. The summed E-state index contributed by atoms with van der Waals surface area (Å²) in [7, 11) is -3.72. The van der Waals surface area contributed by atoms with Gasteiger partial charge in [-0.3, -0.25) is 4.79 Å². The van der Waals surface area contributed by atoms with Crippen molar-refractivity contribution in [3.8, 4) is 16.3 Å². The molecule has 0 aliphatic rings. The molecule has 1 amide bonds. The molecule has 1 aromatic carbocycles. The molecule has 0 aliphatic carbocycles. The van der Waals surface area contributed by atoms with E-state index in [9.17, 15) is 13.2 Å². The lowest BCUT2D eigenvalue weighted by molar-refractivity contribution is 0.0947. The molecule has 0 aliphatic heterocycles. The molecule has 3 aromatic rings. The number of ether oxygens (including phenoxy) is 1. The Balaban J connectivity index is 1.63. The second-order valence-corrected chi connectivity index (χ2v) is 9.99. The Kier molecular flexibility index (Phi) is 6.14. The first-order valence-electron chi connectivity index (χ1n) is 8.34. The summed E-state index contributed by atoms with van der Waals surface area (Å²) in [5, 5.41) is 10.2. The molecule has 0 fully saturated rings. The molecule has 0 saturated carbocycles. The maximum Gasteiger partial charge on any atom is 0.271 e. The summed E-state index contributed by atoms with van der Waals surface area (Å²) in [6.45, 7) is 4.13. The molecular weight excluding hydrogens is 418 g/mol. The molecule has 2 heterocycles. The zero-order chi connectivity index (χ0) is 20.3. The smallest absolute Gasteiger partial charge is 0.271 e. The summed E-state index contributed by atoms with van der Waals surface area (Å²) in [4.78, 5) is 17.4. The topological polar surface area (TPSA) is 111 Å². The Morgan fingerprint density at radius 3 is 2.54 bits per heavy atom. The van der Waals surface area contributed by atoms with E-state index in [-0.39, 0.29) is 22.8 Å². The molecule has 10 heteroatoms. The van der Waals surface area contributed by atoms with Gasteiger partial charge in [-0.1, -0.05) is 0 Å². The van der Waals surface area contributed by atoms with E-state index in [1.54, 1.807) is 11.4 Å². The number of nitrogens with one attached hydrogen (secondary N) is 1. The lowest BCUT2D eigenvalue weighted by atomic mass is 10.2. The highest BCUT2D eigenvalue weighted by Crippen LogP contribution is 2.26. The van der Waals surface area contributed by atoms with Crippen LogP contribution >= 0.6 is 22.7 Å². The van der Waals surface area contributed by atoms with E-state index in [1.165, 1.54) is 17.4 Å². The van der Waals surface area contributed by atoms with E-state index in [0.29, 0.717) is 10.6 Å². The maximum absolute atomic E-state index is 12.3. The highest BCUT2D eigenvalue weighted by molar-refractivity contribution is 7.91. The highest BCUT2D eigenvalue weighted by atomic mass is 32.2. The molecule has 28 heavy (non-hydrogen) atoms. The van der Waals surface area contributed by atoms with Crippen molar-refractivity contribution in [1.82, 2.24) is 10.3 Å². The zero-order valence-corrected chi connectivity index (χ0v) is 17.7.